The molecule has 0 bridgehead atoms. The molecule has 3 N–H and O–H groups in total. The highest BCUT2D eigenvalue weighted by Crippen LogP contribution is 2.22. The van der Waals surface area contributed by atoms with E-state index in [9.17, 15) is 13.6 Å². The molecule has 1 aromatic heterocycles. The van der Waals surface area contributed by atoms with E-state index in [1.54, 1.807) is 11.7 Å². The summed E-state index contributed by atoms with van der Waals surface area (Å²) in [6.07, 6.45) is 3.90. The molecule has 1 amide bonds. The van der Waals surface area contributed by atoms with Crippen LogP contribution >= 0.6 is 11.6 Å². The van der Waals surface area contributed by atoms with Crippen LogP contribution in [0.15, 0.2) is 30.5 Å². The second-order valence-electron chi connectivity index (χ2n) is 8.16. The summed E-state index contributed by atoms with van der Waals surface area (Å²) in [5.41, 5.74) is 3.32. The predicted octanol–water partition coefficient (Wildman–Crippen LogP) is 5.14. The summed E-state index contributed by atoms with van der Waals surface area (Å²) in [6, 6.07) is 6.45. The molecule has 170 valence electrons. The third-order valence-corrected chi connectivity index (χ3v) is 5.54. The van der Waals surface area contributed by atoms with Crippen molar-refractivity contribution in [3.63, 3.8) is 0 Å². The molecule has 2 aromatic rings. The number of benzene rings is 1. The minimum Gasteiger partial charge on any atom is -0.308 e. The first kappa shape index (κ1) is 25.2. The molecule has 0 spiro atoms. The Balaban J connectivity index is 1.89. The van der Waals surface area contributed by atoms with Crippen LogP contribution in [0.3, 0.4) is 0 Å². The van der Waals surface area contributed by atoms with Crippen molar-refractivity contribution >= 4 is 17.5 Å². The number of carbonyl (C=O) groups is 1. The van der Waals surface area contributed by atoms with E-state index >= 15 is 0 Å². The molecule has 1 heterocycles. The van der Waals surface area contributed by atoms with Gasteiger partial charge in [-0.05, 0) is 68.0 Å². The minimum atomic E-state index is -0.933. The largest absolute Gasteiger partial charge is 0.308 e. The molecule has 0 aliphatic carbocycles. The predicted molar refractivity (Wildman–Crippen MR) is 117 cm³/mol. The summed E-state index contributed by atoms with van der Waals surface area (Å²) < 4.78 is 27.2. The zero-order chi connectivity index (χ0) is 23.0. The first-order valence-electron chi connectivity index (χ1n) is 10.5. The summed E-state index contributed by atoms with van der Waals surface area (Å²) in [7, 11) is 0. The molecule has 2 rings (SSSR count). The van der Waals surface area contributed by atoms with Crippen molar-refractivity contribution in [2.24, 2.45) is 11.8 Å². The Kier molecular flexibility index (Phi) is 9.81. The lowest BCUT2D eigenvalue weighted by molar-refractivity contribution is -0.133. The quantitative estimate of drug-likeness (QED) is 0.250. The molecular formula is C23H30ClF2N3O2. The summed E-state index contributed by atoms with van der Waals surface area (Å²) >= 11 is 5.92. The average molecular weight is 454 g/mol. The van der Waals surface area contributed by atoms with E-state index in [0.717, 1.165) is 31.1 Å². The lowest BCUT2D eigenvalue weighted by atomic mass is 9.92. The molecule has 0 fully saturated rings. The maximum Gasteiger partial charge on any atom is 0.246 e. The molecular weight excluding hydrogens is 424 g/mol. The van der Waals surface area contributed by atoms with Gasteiger partial charge in [-0.25, -0.2) is 14.3 Å². The first-order chi connectivity index (χ1) is 14.7. The van der Waals surface area contributed by atoms with Crippen molar-refractivity contribution < 1.29 is 18.8 Å². The number of amides is 1. The van der Waals surface area contributed by atoms with Gasteiger partial charge >= 0.3 is 0 Å². The number of aromatic nitrogens is 1. The van der Waals surface area contributed by atoms with E-state index in [0.29, 0.717) is 22.9 Å². The van der Waals surface area contributed by atoms with Crippen LogP contribution in [-0.2, 0) is 11.2 Å². The van der Waals surface area contributed by atoms with Gasteiger partial charge in [0.15, 0.2) is 11.6 Å². The maximum absolute atomic E-state index is 13.7. The molecule has 0 aliphatic heterocycles. The van der Waals surface area contributed by atoms with Crippen molar-refractivity contribution in [1.82, 2.24) is 15.8 Å². The number of halogens is 3. The van der Waals surface area contributed by atoms with Gasteiger partial charge in [0.25, 0.3) is 0 Å². The number of aryl methyl sites for hydroxylation is 1. The molecule has 31 heavy (non-hydrogen) atoms. The van der Waals surface area contributed by atoms with Gasteiger partial charge in [0.05, 0.1) is 16.8 Å². The van der Waals surface area contributed by atoms with Crippen LogP contribution in [0.4, 0.5) is 8.78 Å². The van der Waals surface area contributed by atoms with Crippen LogP contribution in [0.2, 0.25) is 5.02 Å². The number of unbranched alkanes of at least 4 members (excludes halogenated alkanes) is 1. The fourth-order valence-corrected chi connectivity index (χ4v) is 3.76. The van der Waals surface area contributed by atoms with E-state index in [1.165, 1.54) is 13.0 Å². The van der Waals surface area contributed by atoms with E-state index in [-0.39, 0.29) is 18.0 Å². The zero-order valence-electron chi connectivity index (χ0n) is 18.1. The highest BCUT2D eigenvalue weighted by atomic mass is 35.5. The number of hydroxylamine groups is 1. The molecule has 5 nitrogen and oxygen atoms in total. The van der Waals surface area contributed by atoms with Crippen LogP contribution in [0.1, 0.15) is 56.0 Å². The second kappa shape index (κ2) is 12.1. The van der Waals surface area contributed by atoms with Crippen LogP contribution in [-0.4, -0.2) is 22.6 Å². The average Bonchev–Trinajstić information content (AvgIpc) is 2.73. The summed E-state index contributed by atoms with van der Waals surface area (Å²) in [4.78, 5) is 16.5. The molecule has 0 unspecified atom stereocenters. The standard InChI is InChI=1S/C23H30ClF2N3O2/c1-14(2)22(20-8-7-18(24)13-28-20)27-9-5-4-6-17(23(30)29-31)11-16-10-15(3)21(26)19(25)12-16/h7-8,10,12-14,17,22,27,31H,4-6,9,11H2,1-3H3,(H,29,30)/t17-,22+/m0/s1. The van der Waals surface area contributed by atoms with Crippen LogP contribution in [0.5, 0.6) is 0 Å². The maximum atomic E-state index is 13.7. The van der Waals surface area contributed by atoms with E-state index < -0.39 is 23.5 Å². The van der Waals surface area contributed by atoms with Crippen LogP contribution < -0.4 is 10.8 Å². The summed E-state index contributed by atoms with van der Waals surface area (Å²) in [5.74, 6) is -2.54. The van der Waals surface area contributed by atoms with Gasteiger partial charge in [-0.3, -0.25) is 15.0 Å². The second-order valence-corrected chi connectivity index (χ2v) is 8.59. The summed E-state index contributed by atoms with van der Waals surface area (Å²) in [6.45, 7) is 6.43. The first-order valence-corrected chi connectivity index (χ1v) is 10.8. The summed E-state index contributed by atoms with van der Waals surface area (Å²) in [5, 5.41) is 13.1. The van der Waals surface area contributed by atoms with Gasteiger partial charge < -0.3 is 5.32 Å². The van der Waals surface area contributed by atoms with Crippen LogP contribution in [0, 0.1) is 30.4 Å². The van der Waals surface area contributed by atoms with Gasteiger partial charge in [-0.2, -0.15) is 0 Å². The fourth-order valence-electron chi connectivity index (χ4n) is 3.64. The van der Waals surface area contributed by atoms with Gasteiger partial charge in [-0.1, -0.05) is 37.9 Å². The normalized spacial score (nSPS) is 13.3. The number of pyridine rings is 1. The Hall–Kier alpha value is -2.09. The zero-order valence-corrected chi connectivity index (χ0v) is 18.8. The number of nitrogens with zero attached hydrogens (tertiary/aromatic N) is 1. The third-order valence-electron chi connectivity index (χ3n) is 5.31. The van der Waals surface area contributed by atoms with Gasteiger partial charge in [-0.15, -0.1) is 0 Å². The Labute approximate surface area is 187 Å². The highest BCUT2D eigenvalue weighted by Gasteiger charge is 2.20. The molecule has 0 saturated carbocycles. The van der Waals surface area contributed by atoms with E-state index in [1.807, 2.05) is 12.1 Å². The number of nitrogens with one attached hydrogen (secondary N) is 2. The topological polar surface area (TPSA) is 74.2 Å². The smallest absolute Gasteiger partial charge is 0.246 e. The Bertz CT molecular complexity index is 839. The SMILES string of the molecule is Cc1cc(C[C@H](CCCCN[C@@H](c2ccc(Cl)cn2)C(C)C)C(=O)NO)cc(F)c1F. The molecule has 2 atom stereocenters. The Morgan fingerprint density at radius 1 is 1.23 bits per heavy atom. The molecule has 1 aromatic carbocycles. The highest BCUT2D eigenvalue weighted by molar-refractivity contribution is 6.30. The van der Waals surface area contributed by atoms with Gasteiger partial charge in [0, 0.05) is 12.1 Å². The monoisotopic (exact) mass is 453 g/mol. The lowest BCUT2D eigenvalue weighted by Crippen LogP contribution is -2.30. The number of carbonyl (C=O) groups excluding carboxylic acids is 1. The Morgan fingerprint density at radius 3 is 2.55 bits per heavy atom. The third kappa shape index (κ3) is 7.52. The van der Waals surface area contributed by atoms with E-state index in [2.05, 4.69) is 24.1 Å². The van der Waals surface area contributed by atoms with Gasteiger partial charge in [0.2, 0.25) is 5.91 Å². The molecule has 0 aliphatic rings. The van der Waals surface area contributed by atoms with Crippen molar-refractivity contribution in [3.8, 4) is 0 Å². The van der Waals surface area contributed by atoms with Crippen molar-refractivity contribution in [2.75, 3.05) is 6.54 Å². The molecule has 0 saturated heterocycles. The number of rotatable bonds is 11. The molecule has 8 heteroatoms. The minimum absolute atomic E-state index is 0.0824. The molecule has 0 radical (unpaired) electrons. The van der Waals surface area contributed by atoms with Crippen molar-refractivity contribution in [2.45, 2.75) is 52.5 Å². The lowest BCUT2D eigenvalue weighted by Gasteiger charge is -2.22. The Morgan fingerprint density at radius 2 is 1.97 bits per heavy atom. The van der Waals surface area contributed by atoms with Gasteiger partial charge in [0.1, 0.15) is 0 Å². The van der Waals surface area contributed by atoms with E-state index in [4.69, 9.17) is 16.8 Å². The van der Waals surface area contributed by atoms with Crippen LogP contribution in [0.25, 0.3) is 0 Å². The fraction of sp³-hybridized carbons (Fsp3) is 0.478. The van der Waals surface area contributed by atoms with Crippen molar-refractivity contribution in [3.05, 3.63) is 63.9 Å². The number of hydrogen-bond donors (Lipinski definition) is 3. The number of hydrogen-bond acceptors (Lipinski definition) is 4. The van der Waals surface area contributed by atoms with Crippen molar-refractivity contribution in [1.29, 1.82) is 0 Å².